The number of nitrogens with zero attached hydrogens (tertiary/aromatic N) is 1. The van der Waals surface area contributed by atoms with Crippen LogP contribution in [0.25, 0.3) is 0 Å². The van der Waals surface area contributed by atoms with Crippen LogP contribution in [0.5, 0.6) is 0 Å². The van der Waals surface area contributed by atoms with Gasteiger partial charge >= 0.3 is 12.9 Å². The average molecular weight is 408 g/mol. The summed E-state index contributed by atoms with van der Waals surface area (Å²) in [5.41, 5.74) is -1.14. The molecule has 11 heteroatoms. The maximum Gasteiger partial charge on any atom is 0.372 e. The monoisotopic (exact) mass is 408 g/mol. The molecule has 0 saturated carbocycles. The van der Waals surface area contributed by atoms with Crippen LogP contribution < -0.4 is 16.1 Å². The minimum Gasteiger partial charge on any atom is -0.408 e. The normalized spacial score (nSPS) is 22.8. The molecule has 1 unspecified atom stereocenters. The Morgan fingerprint density at radius 1 is 1.38 bits per heavy atom. The molecule has 1 aliphatic rings. The Labute approximate surface area is 158 Å². The second-order valence-electron chi connectivity index (χ2n) is 5.78. The van der Waals surface area contributed by atoms with Crippen LogP contribution in [0.3, 0.4) is 0 Å². The maximum atomic E-state index is 11.6. The summed E-state index contributed by atoms with van der Waals surface area (Å²) >= 11 is 4.37. The smallest absolute Gasteiger partial charge is 0.372 e. The molecule has 1 aromatic rings. The molecule has 0 amide bonds. The fourth-order valence-corrected chi connectivity index (χ4v) is 3.03. The molecule has 4 atom stereocenters. The highest BCUT2D eigenvalue weighted by atomic mass is 32.7. The highest BCUT2D eigenvalue weighted by molar-refractivity contribution is 8.25. The zero-order chi connectivity index (χ0) is 19.7. The first-order valence-electron chi connectivity index (χ1n) is 8.58. The van der Waals surface area contributed by atoms with Crippen molar-refractivity contribution in [3.63, 3.8) is 0 Å². The molecule has 0 spiro atoms. The van der Waals surface area contributed by atoms with E-state index in [2.05, 4.69) is 38.0 Å². The summed E-state index contributed by atoms with van der Waals surface area (Å²) in [7, 11) is -2.19. The van der Waals surface area contributed by atoms with Crippen molar-refractivity contribution in [2.45, 2.75) is 45.6 Å². The first-order valence-corrected chi connectivity index (χ1v) is 10.8. The SMILES string of the molecule is CC[NH+](CC)CC.O=c1ccn([C@H]2C[C@H](O)[C@@H](CO[P+](=O)[S-])O2)c(=O)[nH]1. The van der Waals surface area contributed by atoms with Crippen LogP contribution in [0.15, 0.2) is 21.9 Å². The molecule has 1 aromatic heterocycles. The van der Waals surface area contributed by atoms with Gasteiger partial charge in [0.1, 0.15) is 18.9 Å². The van der Waals surface area contributed by atoms with E-state index < -0.39 is 36.9 Å². The van der Waals surface area contributed by atoms with Gasteiger partial charge in [-0.05, 0) is 20.8 Å². The molecule has 0 radical (unpaired) electrons. The van der Waals surface area contributed by atoms with Crippen LogP contribution >= 0.6 is 7.23 Å². The van der Waals surface area contributed by atoms with E-state index in [1.165, 1.54) is 36.5 Å². The molecule has 1 aliphatic heterocycles. The highest BCUT2D eigenvalue weighted by Gasteiger charge is 2.36. The van der Waals surface area contributed by atoms with Crippen molar-refractivity contribution in [1.82, 2.24) is 9.55 Å². The summed E-state index contributed by atoms with van der Waals surface area (Å²) in [6, 6.07) is 1.18. The van der Waals surface area contributed by atoms with Crippen molar-refractivity contribution < 1.29 is 23.8 Å². The summed E-state index contributed by atoms with van der Waals surface area (Å²) in [6.45, 7) is 10.4. The second-order valence-corrected chi connectivity index (χ2v) is 7.38. The lowest BCUT2D eigenvalue weighted by atomic mass is 10.2. The van der Waals surface area contributed by atoms with Crippen molar-refractivity contribution in [3.8, 4) is 0 Å². The topological polar surface area (TPSA) is 115 Å². The van der Waals surface area contributed by atoms with E-state index >= 15 is 0 Å². The van der Waals surface area contributed by atoms with Gasteiger partial charge in [0.05, 0.1) is 25.7 Å². The van der Waals surface area contributed by atoms with Gasteiger partial charge in [0.2, 0.25) is 0 Å². The number of aliphatic hydroxyl groups excluding tert-OH is 1. The number of ether oxygens (including phenoxy) is 1. The Morgan fingerprint density at radius 3 is 2.46 bits per heavy atom. The first kappa shape index (κ1) is 23.0. The fraction of sp³-hybridized carbons (Fsp3) is 0.733. The Balaban J connectivity index is 0.000000412. The Bertz CT molecular complexity index is 672. The van der Waals surface area contributed by atoms with Gasteiger partial charge in [-0.1, -0.05) is 4.57 Å². The summed E-state index contributed by atoms with van der Waals surface area (Å²) in [4.78, 5) is 26.3. The quantitative estimate of drug-likeness (QED) is 0.405. The molecule has 1 fully saturated rings. The molecule has 3 N–H and O–H groups in total. The molecule has 9 nitrogen and oxygen atoms in total. The minimum atomic E-state index is -2.19. The van der Waals surface area contributed by atoms with Crippen LogP contribution in [0.2, 0.25) is 0 Å². The molecule has 2 heterocycles. The van der Waals surface area contributed by atoms with Gasteiger partial charge in [-0.15, -0.1) is 0 Å². The number of H-pyrrole nitrogens is 1. The van der Waals surface area contributed by atoms with Crippen molar-refractivity contribution in [2.24, 2.45) is 0 Å². The van der Waals surface area contributed by atoms with Crippen molar-refractivity contribution in [2.75, 3.05) is 26.2 Å². The molecule has 0 bridgehead atoms. The second kappa shape index (κ2) is 11.6. The first-order chi connectivity index (χ1) is 12.3. The third-order valence-electron chi connectivity index (χ3n) is 4.21. The van der Waals surface area contributed by atoms with Crippen molar-refractivity contribution in [1.29, 1.82) is 0 Å². The van der Waals surface area contributed by atoms with Gasteiger partial charge in [0.15, 0.2) is 0 Å². The van der Waals surface area contributed by atoms with E-state index in [0.29, 0.717) is 0 Å². The predicted molar refractivity (Wildman–Crippen MR) is 99.4 cm³/mol. The third kappa shape index (κ3) is 7.30. The standard InChI is InChI=1S/C9H11N2O6PS.C6H15N/c12-5-3-8(17-6(5)4-16-18(15)19)11-2-1-7(13)10-9(11)14;1-4-7(5-2)6-3/h1-2,5-6,8,12H,3-4H2,(H,10,13,14);4-6H2,1-3H3/p+1/t5-,6+,8+;/m0./s1. The predicted octanol–water partition coefficient (Wildman–Crippen LogP) is -0.663. The van der Waals surface area contributed by atoms with Crippen LogP contribution in [-0.2, 0) is 26.1 Å². The van der Waals surface area contributed by atoms with Crippen molar-refractivity contribution >= 4 is 19.5 Å². The Kier molecular flexibility index (Phi) is 10.3. The third-order valence-corrected chi connectivity index (χ3v) is 4.89. The number of aliphatic hydroxyl groups is 1. The zero-order valence-electron chi connectivity index (χ0n) is 15.2. The lowest BCUT2D eigenvalue weighted by Crippen LogP contribution is -3.11. The average Bonchev–Trinajstić information content (AvgIpc) is 2.95. The molecular formula is C15H27N3O6PS+. The van der Waals surface area contributed by atoms with Gasteiger partial charge in [0.25, 0.3) is 5.56 Å². The molecule has 2 rings (SSSR count). The summed E-state index contributed by atoms with van der Waals surface area (Å²) in [5, 5.41) is 9.76. The number of rotatable bonds is 7. The summed E-state index contributed by atoms with van der Waals surface area (Å²) < 4.78 is 22.0. The van der Waals surface area contributed by atoms with E-state index in [1.54, 1.807) is 4.90 Å². The highest BCUT2D eigenvalue weighted by Crippen LogP contribution is 2.29. The molecule has 148 valence electrons. The van der Waals surface area contributed by atoms with Gasteiger partial charge < -0.3 is 27.0 Å². The number of hydrogen-bond acceptors (Lipinski definition) is 7. The molecule has 26 heavy (non-hydrogen) atoms. The Morgan fingerprint density at radius 2 is 2.00 bits per heavy atom. The van der Waals surface area contributed by atoms with E-state index in [0.717, 1.165) is 0 Å². The van der Waals surface area contributed by atoms with Crippen LogP contribution in [0.1, 0.15) is 33.4 Å². The maximum absolute atomic E-state index is 11.6. The lowest BCUT2D eigenvalue weighted by molar-refractivity contribution is -0.894. The number of quaternary nitrogens is 1. The molecule has 0 aliphatic carbocycles. The Hall–Kier alpha value is -1.03. The molecule has 0 aromatic carbocycles. The van der Waals surface area contributed by atoms with E-state index in [-0.39, 0.29) is 13.0 Å². The number of hydrogen-bond donors (Lipinski definition) is 3. The van der Waals surface area contributed by atoms with Crippen LogP contribution in [0, 0.1) is 0 Å². The summed E-state index contributed by atoms with van der Waals surface area (Å²) in [6.07, 6.45) is -0.848. The van der Waals surface area contributed by atoms with E-state index in [4.69, 9.17) is 9.26 Å². The largest absolute Gasteiger partial charge is 0.408 e. The lowest BCUT2D eigenvalue weighted by Gasteiger charge is -2.14. The zero-order valence-corrected chi connectivity index (χ0v) is 16.9. The van der Waals surface area contributed by atoms with Crippen molar-refractivity contribution in [3.05, 3.63) is 33.1 Å². The van der Waals surface area contributed by atoms with Gasteiger partial charge in [0, 0.05) is 18.7 Å². The van der Waals surface area contributed by atoms with Gasteiger partial charge in [-0.25, -0.2) is 4.79 Å². The number of nitrogens with one attached hydrogen (secondary N) is 2. The van der Waals surface area contributed by atoms with Crippen LogP contribution in [0.4, 0.5) is 0 Å². The number of aromatic amines is 1. The van der Waals surface area contributed by atoms with Gasteiger partial charge in [-0.2, -0.15) is 4.52 Å². The number of aromatic nitrogens is 2. The van der Waals surface area contributed by atoms with E-state index in [1.807, 2.05) is 0 Å². The van der Waals surface area contributed by atoms with Gasteiger partial charge in [-0.3, -0.25) is 14.3 Å². The molecular weight excluding hydrogens is 381 g/mol. The van der Waals surface area contributed by atoms with E-state index in [9.17, 15) is 19.3 Å². The summed E-state index contributed by atoms with van der Waals surface area (Å²) in [5.74, 6) is 0. The van der Waals surface area contributed by atoms with Crippen LogP contribution in [-0.4, -0.2) is 53.1 Å². The minimum absolute atomic E-state index is 0.117. The molecule has 1 saturated heterocycles. The fourth-order valence-electron chi connectivity index (χ4n) is 2.57.